The molecule has 0 rings (SSSR count). The Bertz CT molecular complexity index is 126. The molecule has 1 N–H and O–H groups in total. The molecule has 51 valence electrons. The van der Waals surface area contributed by atoms with E-state index in [0.717, 1.165) is 0 Å². The molecular weight excluding hydrogens is 120 g/mol. The van der Waals surface area contributed by atoms with Crippen molar-refractivity contribution >= 4 is 12.3 Å². The van der Waals surface area contributed by atoms with Crippen molar-refractivity contribution in [2.45, 2.75) is 20.3 Å². The highest BCUT2D eigenvalue weighted by Crippen LogP contribution is 2.17. The molecule has 0 aliphatic rings. The van der Waals surface area contributed by atoms with Crippen LogP contribution in [0.5, 0.6) is 0 Å². The van der Waals surface area contributed by atoms with Crippen LogP contribution in [0, 0.1) is 5.41 Å². The number of hydrogen-bond acceptors (Lipinski definition) is 2. The van der Waals surface area contributed by atoms with Crippen LogP contribution in [0.1, 0.15) is 20.3 Å². The Hall–Kier alpha value is -0.860. The van der Waals surface area contributed by atoms with Crippen molar-refractivity contribution < 1.29 is 14.7 Å². The summed E-state index contributed by atoms with van der Waals surface area (Å²) in [6.07, 6.45) is 1.51. The van der Waals surface area contributed by atoms with Gasteiger partial charge in [0.15, 0.2) is 6.29 Å². The van der Waals surface area contributed by atoms with Gasteiger partial charge in [0.1, 0.15) is 0 Å². The second-order valence-electron chi connectivity index (χ2n) is 2.51. The average Bonchev–Trinajstić information content (AvgIpc) is 1.65. The highest BCUT2D eigenvalue weighted by Gasteiger charge is 2.26. The van der Waals surface area contributed by atoms with E-state index in [1.165, 1.54) is 13.8 Å². The third-order valence-electron chi connectivity index (χ3n) is 1.09. The largest absolute Gasteiger partial charge is 0.481 e. The van der Waals surface area contributed by atoms with Gasteiger partial charge in [0.2, 0.25) is 0 Å². The van der Waals surface area contributed by atoms with Gasteiger partial charge >= 0.3 is 5.97 Å². The monoisotopic (exact) mass is 129 g/mol. The van der Waals surface area contributed by atoms with Gasteiger partial charge in [-0.25, -0.2) is 0 Å². The molecule has 0 saturated carbocycles. The molecule has 3 nitrogen and oxygen atoms in total. The van der Waals surface area contributed by atoms with Crippen molar-refractivity contribution in [1.29, 1.82) is 0 Å². The number of carboxylic acid groups (broad SMARTS) is 1. The Morgan fingerprint density at radius 1 is 1.67 bits per heavy atom. The molecule has 0 aliphatic carbocycles. The Kier molecular flexibility index (Phi) is 2.37. The third kappa shape index (κ3) is 2.26. The first-order valence-corrected chi connectivity index (χ1v) is 2.59. The highest BCUT2D eigenvalue weighted by molar-refractivity contribution is 5.77. The maximum Gasteiger partial charge on any atom is 0.309 e. The van der Waals surface area contributed by atoms with Gasteiger partial charge in [-0.2, -0.15) is 0 Å². The lowest BCUT2D eigenvalue weighted by Crippen LogP contribution is -2.23. The number of hydrogen-bond donors (Lipinski definition) is 1. The summed E-state index contributed by atoms with van der Waals surface area (Å²) in [5, 5.41) is 8.39. The van der Waals surface area contributed by atoms with Crippen LogP contribution in [-0.4, -0.2) is 17.4 Å². The Morgan fingerprint density at radius 3 is 2.22 bits per heavy atom. The smallest absolute Gasteiger partial charge is 0.309 e. The van der Waals surface area contributed by atoms with E-state index in [2.05, 4.69) is 0 Å². The van der Waals surface area contributed by atoms with E-state index in [4.69, 9.17) is 5.11 Å². The lowest BCUT2D eigenvalue weighted by Gasteiger charge is -2.13. The second-order valence-corrected chi connectivity index (χ2v) is 2.51. The minimum Gasteiger partial charge on any atom is -0.481 e. The maximum absolute atomic E-state index is 10.2. The van der Waals surface area contributed by atoms with Crippen LogP contribution in [-0.2, 0) is 9.59 Å². The van der Waals surface area contributed by atoms with Crippen LogP contribution in [0.25, 0.3) is 0 Å². The number of carbonyl (C=O) groups excluding carboxylic acids is 1. The van der Waals surface area contributed by atoms with Gasteiger partial charge in [-0.1, -0.05) is 0 Å². The predicted molar refractivity (Wildman–Crippen MR) is 31.7 cm³/mol. The summed E-state index contributed by atoms with van der Waals surface area (Å²) >= 11 is 0. The zero-order valence-corrected chi connectivity index (χ0v) is 5.47. The third-order valence-corrected chi connectivity index (χ3v) is 1.09. The normalized spacial score (nSPS) is 10.9. The molecule has 0 bridgehead atoms. The summed E-state index contributed by atoms with van der Waals surface area (Å²) in [5.74, 6) is -0.967. The predicted octanol–water partition coefficient (Wildman–Crippen LogP) is 0.597. The molecule has 1 radical (unpaired) electrons. The molecular formula is C6H9O3. The first-order valence-electron chi connectivity index (χ1n) is 2.59. The van der Waals surface area contributed by atoms with Crippen molar-refractivity contribution in [1.82, 2.24) is 0 Å². The van der Waals surface area contributed by atoms with E-state index >= 15 is 0 Å². The minimum absolute atomic E-state index is 0.0532. The molecule has 3 heteroatoms. The number of rotatable bonds is 3. The fourth-order valence-corrected chi connectivity index (χ4v) is 0.256. The molecule has 0 heterocycles. The quantitative estimate of drug-likeness (QED) is 0.607. The summed E-state index contributed by atoms with van der Waals surface area (Å²) in [4.78, 5) is 20.0. The molecule has 0 unspecified atom stereocenters. The van der Waals surface area contributed by atoms with Crippen LogP contribution < -0.4 is 0 Å². The molecule has 0 aromatic rings. The fourth-order valence-electron chi connectivity index (χ4n) is 0.256. The lowest BCUT2D eigenvalue weighted by atomic mass is 9.91. The van der Waals surface area contributed by atoms with Crippen molar-refractivity contribution in [2.24, 2.45) is 5.41 Å². The SMILES string of the molecule is CC(C)(C[C]=O)C(=O)O. The Balaban J connectivity index is 4.00. The summed E-state index contributed by atoms with van der Waals surface area (Å²) < 4.78 is 0. The van der Waals surface area contributed by atoms with Crippen molar-refractivity contribution in [3.8, 4) is 0 Å². The summed E-state index contributed by atoms with van der Waals surface area (Å²) in [7, 11) is 0. The van der Waals surface area contributed by atoms with E-state index in [1.807, 2.05) is 0 Å². The Morgan fingerprint density at radius 2 is 2.11 bits per heavy atom. The van der Waals surface area contributed by atoms with Crippen molar-refractivity contribution in [3.05, 3.63) is 0 Å². The molecule has 0 aromatic heterocycles. The molecule has 0 atom stereocenters. The van der Waals surface area contributed by atoms with Crippen molar-refractivity contribution in [2.75, 3.05) is 0 Å². The standard InChI is InChI=1S/C6H9O3/c1-6(2,3-4-7)5(8)9/h3H2,1-2H3,(H,8,9). The van der Waals surface area contributed by atoms with Gasteiger partial charge < -0.3 is 5.11 Å². The number of carboxylic acids is 1. The number of carbonyl (C=O) groups is 1. The van der Waals surface area contributed by atoms with Crippen LogP contribution in [0.15, 0.2) is 0 Å². The summed E-state index contributed by atoms with van der Waals surface area (Å²) in [5.41, 5.74) is -0.957. The zero-order chi connectivity index (χ0) is 7.49. The molecule has 0 fully saturated rings. The highest BCUT2D eigenvalue weighted by atomic mass is 16.4. The van der Waals surface area contributed by atoms with Gasteiger partial charge in [0.25, 0.3) is 0 Å². The first-order chi connectivity index (χ1) is 4.00. The molecule has 0 amide bonds. The zero-order valence-electron chi connectivity index (χ0n) is 5.47. The maximum atomic E-state index is 10.2. The molecule has 0 aliphatic heterocycles. The van der Waals surface area contributed by atoms with E-state index < -0.39 is 11.4 Å². The minimum atomic E-state index is -0.967. The molecule has 0 spiro atoms. The van der Waals surface area contributed by atoms with E-state index in [1.54, 1.807) is 6.29 Å². The summed E-state index contributed by atoms with van der Waals surface area (Å²) in [6.45, 7) is 2.97. The van der Waals surface area contributed by atoms with Gasteiger partial charge in [0, 0.05) is 6.42 Å². The van der Waals surface area contributed by atoms with Gasteiger partial charge in [0.05, 0.1) is 5.41 Å². The first kappa shape index (κ1) is 8.14. The van der Waals surface area contributed by atoms with Crippen LogP contribution in [0.3, 0.4) is 0 Å². The van der Waals surface area contributed by atoms with Crippen molar-refractivity contribution in [3.63, 3.8) is 0 Å². The van der Waals surface area contributed by atoms with Gasteiger partial charge in [-0.3, -0.25) is 9.59 Å². The average molecular weight is 129 g/mol. The lowest BCUT2D eigenvalue weighted by molar-refractivity contribution is -0.146. The van der Waals surface area contributed by atoms with Crippen LogP contribution in [0.4, 0.5) is 0 Å². The van der Waals surface area contributed by atoms with Crippen LogP contribution in [0.2, 0.25) is 0 Å². The van der Waals surface area contributed by atoms with Gasteiger partial charge in [-0.05, 0) is 13.8 Å². The van der Waals surface area contributed by atoms with Gasteiger partial charge in [-0.15, -0.1) is 0 Å². The Labute approximate surface area is 53.7 Å². The molecule has 9 heavy (non-hydrogen) atoms. The molecule has 0 saturated heterocycles. The fraction of sp³-hybridized carbons (Fsp3) is 0.667. The number of aliphatic carboxylic acids is 1. The molecule has 0 aromatic carbocycles. The van der Waals surface area contributed by atoms with Crippen LogP contribution >= 0.6 is 0 Å². The van der Waals surface area contributed by atoms with E-state index in [-0.39, 0.29) is 6.42 Å². The second kappa shape index (κ2) is 2.62. The summed E-state index contributed by atoms with van der Waals surface area (Å²) in [6, 6.07) is 0. The van der Waals surface area contributed by atoms with E-state index in [9.17, 15) is 9.59 Å². The van der Waals surface area contributed by atoms with E-state index in [0.29, 0.717) is 0 Å². The topological polar surface area (TPSA) is 54.4 Å².